The molecule has 1 heterocycles. The summed E-state index contributed by atoms with van der Waals surface area (Å²) in [4.78, 5) is 22.8. The van der Waals surface area contributed by atoms with Gasteiger partial charge in [-0.05, 0) is 24.3 Å². The highest BCUT2D eigenvalue weighted by Crippen LogP contribution is 2.06. The lowest BCUT2D eigenvalue weighted by atomic mass is 10.2. The van der Waals surface area contributed by atoms with Crippen molar-refractivity contribution < 1.29 is 9.18 Å². The van der Waals surface area contributed by atoms with E-state index >= 15 is 0 Å². The van der Waals surface area contributed by atoms with Crippen molar-refractivity contribution >= 4 is 5.91 Å². The minimum Gasteiger partial charge on any atom is -0.365 e. The Kier molecular flexibility index (Phi) is 2.70. The summed E-state index contributed by atoms with van der Waals surface area (Å²) in [6, 6.07) is 6.55. The first-order valence-electron chi connectivity index (χ1n) is 4.73. The normalized spacial score (nSPS) is 10.2. The Morgan fingerprint density at radius 2 is 2.12 bits per heavy atom. The number of aromatic nitrogens is 2. The average molecular weight is 233 g/mol. The molecule has 0 aliphatic heterocycles. The number of benzene rings is 1. The molecule has 0 saturated carbocycles. The van der Waals surface area contributed by atoms with Crippen molar-refractivity contribution in [1.82, 2.24) is 9.78 Å². The van der Waals surface area contributed by atoms with Gasteiger partial charge in [0, 0.05) is 6.20 Å². The molecule has 0 atom stereocenters. The van der Waals surface area contributed by atoms with Gasteiger partial charge < -0.3 is 5.73 Å². The molecule has 0 spiro atoms. The minimum atomic E-state index is -0.845. The molecule has 1 aromatic heterocycles. The zero-order valence-corrected chi connectivity index (χ0v) is 8.63. The van der Waals surface area contributed by atoms with Crippen LogP contribution in [0.2, 0.25) is 0 Å². The maximum Gasteiger partial charge on any atom is 0.284 e. The van der Waals surface area contributed by atoms with Gasteiger partial charge in [-0.1, -0.05) is 6.07 Å². The number of rotatable bonds is 2. The number of hydrogen-bond donors (Lipinski definition) is 1. The van der Waals surface area contributed by atoms with E-state index in [1.807, 2.05) is 0 Å². The molecular weight excluding hydrogens is 225 g/mol. The monoisotopic (exact) mass is 233 g/mol. The second-order valence-corrected chi connectivity index (χ2v) is 3.31. The van der Waals surface area contributed by atoms with Gasteiger partial charge >= 0.3 is 0 Å². The summed E-state index contributed by atoms with van der Waals surface area (Å²) in [6.45, 7) is 0. The number of carbonyl (C=O) groups excluding carboxylic acids is 1. The lowest BCUT2D eigenvalue weighted by Crippen LogP contribution is -2.29. The lowest BCUT2D eigenvalue weighted by molar-refractivity contribution is 0.0998. The highest BCUT2D eigenvalue weighted by Gasteiger charge is 2.10. The van der Waals surface area contributed by atoms with E-state index in [0.717, 1.165) is 10.7 Å². The minimum absolute atomic E-state index is 0.190. The van der Waals surface area contributed by atoms with Crippen molar-refractivity contribution in [2.24, 2.45) is 5.73 Å². The third kappa shape index (κ3) is 2.05. The molecule has 2 rings (SSSR count). The number of hydrogen-bond acceptors (Lipinski definition) is 3. The van der Waals surface area contributed by atoms with E-state index in [1.54, 1.807) is 0 Å². The molecule has 5 nitrogen and oxygen atoms in total. The standard InChI is InChI=1S/C11H8FN3O2/c12-7-2-1-3-8(6-7)15-11(17)9(10(13)16)4-5-14-15/h1-6H,(H2,13,16). The molecule has 0 aliphatic carbocycles. The fraction of sp³-hybridized carbons (Fsp3) is 0. The first kappa shape index (κ1) is 11.0. The number of halogens is 1. The van der Waals surface area contributed by atoms with Crippen molar-refractivity contribution in [2.45, 2.75) is 0 Å². The predicted molar refractivity (Wildman–Crippen MR) is 58.3 cm³/mol. The number of nitrogens with two attached hydrogens (primary N) is 1. The van der Waals surface area contributed by atoms with Gasteiger partial charge in [0.2, 0.25) is 0 Å². The SMILES string of the molecule is NC(=O)c1ccnn(-c2cccc(F)c2)c1=O. The Hall–Kier alpha value is -2.50. The van der Waals surface area contributed by atoms with E-state index in [-0.39, 0.29) is 11.3 Å². The smallest absolute Gasteiger partial charge is 0.284 e. The van der Waals surface area contributed by atoms with Crippen molar-refractivity contribution in [1.29, 1.82) is 0 Å². The molecule has 0 unspecified atom stereocenters. The summed E-state index contributed by atoms with van der Waals surface area (Å²) in [5.74, 6) is -1.34. The summed E-state index contributed by atoms with van der Waals surface area (Å²) < 4.78 is 13.9. The molecule has 6 heteroatoms. The zero-order chi connectivity index (χ0) is 12.4. The summed E-state index contributed by atoms with van der Waals surface area (Å²) in [6.07, 6.45) is 1.26. The van der Waals surface area contributed by atoms with Crippen molar-refractivity contribution in [3.8, 4) is 5.69 Å². The molecule has 0 saturated heterocycles. The fourth-order valence-corrected chi connectivity index (χ4v) is 1.39. The molecule has 1 aromatic carbocycles. The molecule has 0 bridgehead atoms. The van der Waals surface area contributed by atoms with E-state index in [9.17, 15) is 14.0 Å². The van der Waals surface area contributed by atoms with Crippen LogP contribution in [0.1, 0.15) is 10.4 Å². The van der Waals surface area contributed by atoms with Crippen LogP contribution >= 0.6 is 0 Å². The molecule has 0 aliphatic rings. The van der Waals surface area contributed by atoms with Gasteiger partial charge in [0.05, 0.1) is 5.69 Å². The highest BCUT2D eigenvalue weighted by atomic mass is 19.1. The predicted octanol–water partition coefficient (Wildman–Crippen LogP) is 0.470. The van der Waals surface area contributed by atoms with Crippen molar-refractivity contribution in [2.75, 3.05) is 0 Å². The van der Waals surface area contributed by atoms with Crippen LogP contribution in [-0.2, 0) is 0 Å². The van der Waals surface area contributed by atoms with Crippen LogP contribution in [0.4, 0.5) is 4.39 Å². The average Bonchev–Trinajstić information content (AvgIpc) is 2.29. The maximum absolute atomic E-state index is 13.0. The Bertz CT molecular complexity index is 637. The number of carbonyl (C=O) groups is 1. The summed E-state index contributed by atoms with van der Waals surface area (Å²) in [5.41, 5.74) is 4.41. The Labute approximate surface area is 95.3 Å². The van der Waals surface area contributed by atoms with Crippen LogP contribution in [0.15, 0.2) is 41.3 Å². The third-order valence-electron chi connectivity index (χ3n) is 2.16. The molecule has 1 amide bonds. The van der Waals surface area contributed by atoms with E-state index in [4.69, 9.17) is 5.73 Å². The first-order chi connectivity index (χ1) is 8.09. The maximum atomic E-state index is 13.0. The van der Waals surface area contributed by atoms with E-state index in [2.05, 4.69) is 5.10 Å². The molecule has 2 N–H and O–H groups in total. The van der Waals surface area contributed by atoms with Gasteiger partial charge in [-0.2, -0.15) is 9.78 Å². The van der Waals surface area contributed by atoms with Crippen LogP contribution in [0.25, 0.3) is 5.69 Å². The Balaban J connectivity index is 2.65. The summed E-state index contributed by atoms with van der Waals surface area (Å²) >= 11 is 0. The second kappa shape index (κ2) is 4.17. The fourth-order valence-electron chi connectivity index (χ4n) is 1.39. The van der Waals surface area contributed by atoms with Crippen molar-refractivity contribution in [3.05, 3.63) is 58.3 Å². The molecule has 17 heavy (non-hydrogen) atoms. The van der Waals surface area contributed by atoms with Crippen LogP contribution in [0.5, 0.6) is 0 Å². The van der Waals surface area contributed by atoms with Gasteiger partial charge in [-0.3, -0.25) is 9.59 Å². The second-order valence-electron chi connectivity index (χ2n) is 3.31. The van der Waals surface area contributed by atoms with Crippen LogP contribution < -0.4 is 11.3 Å². The van der Waals surface area contributed by atoms with Crippen LogP contribution in [0, 0.1) is 5.82 Å². The molecule has 0 radical (unpaired) electrons. The largest absolute Gasteiger partial charge is 0.365 e. The number of amides is 1. The third-order valence-corrected chi connectivity index (χ3v) is 2.16. The van der Waals surface area contributed by atoms with Gasteiger partial charge in [-0.25, -0.2) is 4.39 Å². The van der Waals surface area contributed by atoms with Gasteiger partial charge in [-0.15, -0.1) is 0 Å². The van der Waals surface area contributed by atoms with E-state index in [0.29, 0.717) is 0 Å². The van der Waals surface area contributed by atoms with Gasteiger partial charge in [0.15, 0.2) is 0 Å². The van der Waals surface area contributed by atoms with Gasteiger partial charge in [0.25, 0.3) is 11.5 Å². The zero-order valence-electron chi connectivity index (χ0n) is 8.63. The topological polar surface area (TPSA) is 78.0 Å². The highest BCUT2D eigenvalue weighted by molar-refractivity contribution is 5.92. The van der Waals surface area contributed by atoms with E-state index < -0.39 is 17.3 Å². The van der Waals surface area contributed by atoms with Crippen LogP contribution in [-0.4, -0.2) is 15.7 Å². The van der Waals surface area contributed by atoms with E-state index in [1.165, 1.54) is 30.5 Å². The van der Waals surface area contributed by atoms with Crippen molar-refractivity contribution in [3.63, 3.8) is 0 Å². The number of primary amides is 1. The molecule has 2 aromatic rings. The van der Waals surface area contributed by atoms with Crippen LogP contribution in [0.3, 0.4) is 0 Å². The lowest BCUT2D eigenvalue weighted by Gasteiger charge is -2.04. The van der Waals surface area contributed by atoms with Gasteiger partial charge in [0.1, 0.15) is 11.4 Å². The Morgan fingerprint density at radius 3 is 2.76 bits per heavy atom. The molecule has 0 fully saturated rings. The molecular formula is C11H8FN3O2. The summed E-state index contributed by atoms with van der Waals surface area (Å²) in [5, 5.41) is 3.76. The molecule has 86 valence electrons. The first-order valence-corrected chi connectivity index (χ1v) is 4.73. The summed E-state index contributed by atoms with van der Waals surface area (Å²) in [7, 11) is 0. The quantitative estimate of drug-likeness (QED) is 0.818. The number of nitrogens with zero attached hydrogens (tertiary/aromatic N) is 2. The Morgan fingerprint density at radius 1 is 1.35 bits per heavy atom.